The zero-order chi connectivity index (χ0) is 26.4. The van der Waals surface area contributed by atoms with Crippen LogP contribution in [0.5, 0.6) is 0 Å². The molecule has 192 valence electrons. The second-order valence-electron chi connectivity index (χ2n) is 8.24. The summed E-state index contributed by atoms with van der Waals surface area (Å²) in [6.07, 6.45) is -1.70. The highest BCUT2D eigenvalue weighted by atomic mass is 19.4. The maximum Gasteiger partial charge on any atom is 0.416 e. The number of nitrogens with zero attached hydrogens (tertiary/aromatic N) is 4. The molecule has 2 amide bonds. The molecule has 11 heteroatoms. The highest BCUT2D eigenvalue weighted by Crippen LogP contribution is 2.31. The van der Waals surface area contributed by atoms with Crippen LogP contribution in [0.3, 0.4) is 0 Å². The molecule has 0 radical (unpaired) electrons. The van der Waals surface area contributed by atoms with E-state index in [2.05, 4.69) is 15.5 Å². The Morgan fingerprint density at radius 1 is 1.03 bits per heavy atom. The van der Waals surface area contributed by atoms with Gasteiger partial charge < -0.3 is 19.9 Å². The van der Waals surface area contributed by atoms with Gasteiger partial charge in [0.25, 0.3) is 5.91 Å². The number of rotatable bonds is 6. The molecule has 2 aromatic carbocycles. The van der Waals surface area contributed by atoms with Gasteiger partial charge in [-0.1, -0.05) is 18.2 Å². The van der Waals surface area contributed by atoms with Crippen molar-refractivity contribution in [3.05, 3.63) is 83.4 Å². The molecule has 1 aliphatic rings. The number of carbonyl (C=O) groups is 2. The van der Waals surface area contributed by atoms with Crippen LogP contribution in [0.4, 0.5) is 30.5 Å². The van der Waals surface area contributed by atoms with Crippen molar-refractivity contribution in [3.8, 4) is 0 Å². The number of aromatic nitrogens is 2. The average Bonchev–Trinajstić information content (AvgIpc) is 2.92. The summed E-state index contributed by atoms with van der Waals surface area (Å²) in [4.78, 5) is 28.4. The number of halogens is 3. The molecule has 1 fully saturated rings. The Morgan fingerprint density at radius 2 is 1.78 bits per heavy atom. The number of nitrogens with one attached hydrogen (secondary N) is 1. The monoisotopic (exact) mass is 511 g/mol. The number of hydrogen-bond donors (Lipinski definition) is 1. The van der Waals surface area contributed by atoms with E-state index in [4.69, 9.17) is 4.74 Å². The van der Waals surface area contributed by atoms with E-state index < -0.39 is 23.6 Å². The number of anilines is 3. The number of benzene rings is 2. The third kappa shape index (κ3) is 6.70. The van der Waals surface area contributed by atoms with E-state index in [0.29, 0.717) is 30.4 Å². The van der Waals surface area contributed by atoms with Crippen molar-refractivity contribution < 1.29 is 27.5 Å². The smallest absolute Gasteiger partial charge is 0.378 e. The van der Waals surface area contributed by atoms with Crippen LogP contribution in [0, 0.1) is 0 Å². The van der Waals surface area contributed by atoms with Crippen LogP contribution in [-0.4, -0.2) is 55.4 Å². The molecule has 1 aliphatic heterocycles. The summed E-state index contributed by atoms with van der Waals surface area (Å²) in [6, 6.07) is 14.4. The summed E-state index contributed by atoms with van der Waals surface area (Å²) in [6.45, 7) is 2.69. The Morgan fingerprint density at radius 3 is 2.49 bits per heavy atom. The van der Waals surface area contributed by atoms with Crippen LogP contribution in [-0.2, 0) is 15.7 Å². The van der Waals surface area contributed by atoms with E-state index in [1.165, 1.54) is 31.3 Å². The van der Waals surface area contributed by atoms with Crippen molar-refractivity contribution >= 4 is 35.2 Å². The van der Waals surface area contributed by atoms with Crippen molar-refractivity contribution in [1.82, 2.24) is 10.2 Å². The lowest BCUT2D eigenvalue weighted by Gasteiger charge is -2.27. The zero-order valence-corrected chi connectivity index (χ0v) is 19.9. The lowest BCUT2D eigenvalue weighted by molar-refractivity contribution is -0.137. The zero-order valence-electron chi connectivity index (χ0n) is 19.9. The summed E-state index contributed by atoms with van der Waals surface area (Å²) in [5.41, 5.74) is 0.0906. The predicted octanol–water partition coefficient (Wildman–Crippen LogP) is 4.26. The molecule has 1 aromatic heterocycles. The fraction of sp³-hybridized carbons (Fsp3) is 0.231. The van der Waals surface area contributed by atoms with E-state index >= 15 is 0 Å². The van der Waals surface area contributed by atoms with Crippen LogP contribution in [0.25, 0.3) is 6.08 Å². The van der Waals surface area contributed by atoms with Crippen LogP contribution in [0.15, 0.2) is 66.7 Å². The first-order valence-electron chi connectivity index (χ1n) is 11.4. The van der Waals surface area contributed by atoms with Crippen molar-refractivity contribution in [3.63, 3.8) is 0 Å². The maximum absolute atomic E-state index is 13.0. The second-order valence-corrected chi connectivity index (χ2v) is 8.24. The largest absolute Gasteiger partial charge is 0.416 e. The fourth-order valence-electron chi connectivity index (χ4n) is 3.67. The molecule has 37 heavy (non-hydrogen) atoms. The number of ether oxygens (including phenoxy) is 1. The van der Waals surface area contributed by atoms with Crippen molar-refractivity contribution in [1.29, 1.82) is 0 Å². The molecule has 1 saturated heterocycles. The van der Waals surface area contributed by atoms with Gasteiger partial charge in [0, 0.05) is 37.5 Å². The lowest BCUT2D eigenvalue weighted by atomic mass is 10.1. The van der Waals surface area contributed by atoms with Gasteiger partial charge in [-0.25, -0.2) is 0 Å². The fourth-order valence-corrected chi connectivity index (χ4v) is 3.67. The third-order valence-corrected chi connectivity index (χ3v) is 5.66. The summed E-state index contributed by atoms with van der Waals surface area (Å²) in [5, 5.41) is 10.8. The molecule has 1 N–H and O–H groups in total. The van der Waals surface area contributed by atoms with Crippen LogP contribution >= 0.6 is 0 Å². The summed E-state index contributed by atoms with van der Waals surface area (Å²) in [5.74, 6) is 0.0626. The summed E-state index contributed by atoms with van der Waals surface area (Å²) >= 11 is 0. The first-order chi connectivity index (χ1) is 17.7. The minimum atomic E-state index is -4.51. The molecule has 4 rings (SSSR count). The Labute approximate surface area is 211 Å². The minimum Gasteiger partial charge on any atom is -0.378 e. The predicted molar refractivity (Wildman–Crippen MR) is 133 cm³/mol. The molecule has 8 nitrogen and oxygen atoms in total. The molecule has 0 aliphatic carbocycles. The molecular weight excluding hydrogens is 487 g/mol. The number of hydrogen-bond acceptors (Lipinski definition) is 6. The van der Waals surface area contributed by atoms with E-state index in [9.17, 15) is 22.8 Å². The molecule has 2 heterocycles. The molecule has 0 spiro atoms. The van der Waals surface area contributed by atoms with E-state index in [0.717, 1.165) is 30.1 Å². The van der Waals surface area contributed by atoms with Gasteiger partial charge >= 0.3 is 6.18 Å². The van der Waals surface area contributed by atoms with Crippen LogP contribution in [0.1, 0.15) is 21.5 Å². The first-order valence-corrected chi connectivity index (χ1v) is 11.4. The average molecular weight is 512 g/mol. The third-order valence-electron chi connectivity index (χ3n) is 5.66. The van der Waals surface area contributed by atoms with Crippen LogP contribution in [0.2, 0.25) is 0 Å². The van der Waals surface area contributed by atoms with Gasteiger partial charge in [0.15, 0.2) is 11.6 Å². The quantitative estimate of drug-likeness (QED) is 0.498. The van der Waals surface area contributed by atoms with E-state index in [1.54, 1.807) is 36.4 Å². The Kier molecular flexibility index (Phi) is 7.83. The van der Waals surface area contributed by atoms with Gasteiger partial charge in [-0.2, -0.15) is 13.2 Å². The van der Waals surface area contributed by atoms with Gasteiger partial charge in [0.05, 0.1) is 18.8 Å². The number of amides is 2. The van der Waals surface area contributed by atoms with Gasteiger partial charge in [0.1, 0.15) is 0 Å². The Hall–Kier alpha value is -4.25. The van der Waals surface area contributed by atoms with Gasteiger partial charge in [-0.15, -0.1) is 10.2 Å². The maximum atomic E-state index is 13.0. The van der Waals surface area contributed by atoms with E-state index in [1.807, 2.05) is 4.90 Å². The minimum absolute atomic E-state index is 0.112. The molecular formula is C26H24F3N5O3. The second kappa shape index (κ2) is 11.2. The standard InChI is InChI=1S/C26H24F3N5O3/c1-33(21-7-3-6-20(17-21)26(27,28)29)25(36)19-5-2-4-18(16-19)8-11-24(35)30-22-9-10-23(32-31-22)34-12-14-37-15-13-34/h2-11,16-17H,12-15H2,1H3,(H,30,31,35). The Balaban J connectivity index is 1.39. The lowest BCUT2D eigenvalue weighted by Crippen LogP contribution is -2.36. The highest BCUT2D eigenvalue weighted by molar-refractivity contribution is 6.06. The highest BCUT2D eigenvalue weighted by Gasteiger charge is 2.31. The van der Waals surface area contributed by atoms with E-state index in [-0.39, 0.29) is 11.3 Å². The van der Waals surface area contributed by atoms with Crippen molar-refractivity contribution in [2.45, 2.75) is 6.18 Å². The molecule has 3 aromatic rings. The first kappa shape index (κ1) is 25.8. The number of alkyl halides is 3. The number of carbonyl (C=O) groups excluding carboxylic acids is 2. The SMILES string of the molecule is CN(C(=O)c1cccc(C=CC(=O)Nc2ccc(N3CCOCC3)nn2)c1)c1cccc(C(F)(F)F)c1. The van der Waals surface area contributed by atoms with Gasteiger partial charge in [-0.3, -0.25) is 9.59 Å². The van der Waals surface area contributed by atoms with Crippen LogP contribution < -0.4 is 15.1 Å². The molecule has 0 unspecified atom stereocenters. The summed E-state index contributed by atoms with van der Waals surface area (Å²) in [7, 11) is 1.40. The van der Waals surface area contributed by atoms with Crippen molar-refractivity contribution in [2.24, 2.45) is 0 Å². The van der Waals surface area contributed by atoms with Crippen molar-refractivity contribution in [2.75, 3.05) is 48.5 Å². The summed E-state index contributed by atoms with van der Waals surface area (Å²) < 4.78 is 44.4. The topological polar surface area (TPSA) is 87.7 Å². The number of morpholine rings is 1. The molecule has 0 atom stereocenters. The van der Waals surface area contributed by atoms with Gasteiger partial charge in [0.2, 0.25) is 5.91 Å². The molecule has 0 bridgehead atoms. The molecule has 0 saturated carbocycles. The Bertz CT molecular complexity index is 1290. The van der Waals surface area contributed by atoms with Gasteiger partial charge in [-0.05, 0) is 54.1 Å². The normalized spacial score (nSPS) is 14.0.